The first-order valence-electron chi connectivity index (χ1n) is 10.5. The predicted molar refractivity (Wildman–Crippen MR) is 111 cm³/mol. The van der Waals surface area contributed by atoms with Gasteiger partial charge >= 0.3 is 18.5 Å². The molecule has 2 heterocycles. The Morgan fingerprint density at radius 2 is 1.91 bits per heavy atom. The SMILES string of the molecule is Cc1nc(C2CCC(C(F)(F)F)CC2)sc1COc1cc(OC(F)F)c(-c2noc(=O)[nH]2)cc1F. The highest BCUT2D eigenvalue weighted by Gasteiger charge is 2.42. The van der Waals surface area contributed by atoms with Gasteiger partial charge in [-0.3, -0.25) is 9.51 Å². The number of aromatic amines is 1. The van der Waals surface area contributed by atoms with Crippen molar-refractivity contribution in [1.82, 2.24) is 15.1 Å². The number of H-pyrrole nitrogens is 1. The van der Waals surface area contributed by atoms with E-state index in [1.165, 1.54) is 11.3 Å². The molecule has 0 radical (unpaired) electrons. The molecule has 190 valence electrons. The molecule has 35 heavy (non-hydrogen) atoms. The van der Waals surface area contributed by atoms with E-state index in [0.717, 1.165) is 12.1 Å². The molecule has 1 fully saturated rings. The maximum atomic E-state index is 14.7. The third-order valence-electron chi connectivity index (χ3n) is 5.75. The summed E-state index contributed by atoms with van der Waals surface area (Å²) in [5.41, 5.74) is 0.316. The number of ether oxygens (including phenoxy) is 2. The minimum Gasteiger partial charge on any atom is -0.485 e. The molecule has 0 saturated heterocycles. The molecule has 0 unspecified atom stereocenters. The zero-order valence-corrected chi connectivity index (χ0v) is 18.9. The second-order valence-electron chi connectivity index (χ2n) is 8.04. The van der Waals surface area contributed by atoms with E-state index >= 15 is 0 Å². The Balaban J connectivity index is 1.49. The largest absolute Gasteiger partial charge is 0.485 e. The summed E-state index contributed by atoms with van der Waals surface area (Å²) in [6.45, 7) is -1.69. The third kappa shape index (κ3) is 5.80. The van der Waals surface area contributed by atoms with Gasteiger partial charge in [-0.2, -0.15) is 22.0 Å². The first-order valence-corrected chi connectivity index (χ1v) is 11.3. The summed E-state index contributed by atoms with van der Waals surface area (Å²) < 4.78 is 93.4. The monoisotopic (exact) mass is 523 g/mol. The van der Waals surface area contributed by atoms with E-state index in [1.54, 1.807) is 6.92 Å². The summed E-state index contributed by atoms with van der Waals surface area (Å²) in [5.74, 6) is -4.49. The molecular formula is C21H19F6N3O4S. The standard InChI is InChI=1S/C21H19F6N3O4S/c1-9-16(35-18(28-9)10-2-4-11(5-3-10)21(25,26)27)8-32-15-7-14(33-19(23)24)12(6-13(15)22)17-29-20(31)34-30-17/h6-7,10-11,19H,2-5,8H2,1H3,(H,29,30,31). The van der Waals surface area contributed by atoms with Crippen molar-refractivity contribution in [3.8, 4) is 22.9 Å². The van der Waals surface area contributed by atoms with Gasteiger partial charge in [0.2, 0.25) is 0 Å². The Kier molecular flexibility index (Phi) is 7.10. The minimum atomic E-state index is -4.20. The number of halogens is 6. The molecule has 4 rings (SSSR count). The summed E-state index contributed by atoms with van der Waals surface area (Å²) in [5, 5.41) is 4.04. The maximum absolute atomic E-state index is 14.7. The molecule has 7 nitrogen and oxygen atoms in total. The van der Waals surface area contributed by atoms with Crippen LogP contribution in [-0.2, 0) is 6.61 Å². The molecule has 14 heteroatoms. The van der Waals surface area contributed by atoms with Gasteiger partial charge in [0, 0.05) is 12.0 Å². The number of rotatable bonds is 7. The lowest BCUT2D eigenvalue weighted by molar-refractivity contribution is -0.182. The van der Waals surface area contributed by atoms with E-state index in [2.05, 4.69) is 24.4 Å². The normalized spacial score (nSPS) is 18.7. The summed E-state index contributed by atoms with van der Waals surface area (Å²) in [7, 11) is 0. The van der Waals surface area contributed by atoms with Gasteiger partial charge in [-0.05, 0) is 38.7 Å². The third-order valence-corrected chi connectivity index (χ3v) is 7.05. The molecule has 0 atom stereocenters. The van der Waals surface area contributed by atoms with Crippen LogP contribution in [0.1, 0.15) is 47.2 Å². The topological polar surface area (TPSA) is 90.2 Å². The number of aromatic nitrogens is 3. The molecule has 0 amide bonds. The first-order chi connectivity index (χ1) is 16.5. The molecule has 2 aromatic heterocycles. The molecule has 1 saturated carbocycles. The Bertz CT molecular complexity index is 1230. The molecule has 1 aliphatic rings. The zero-order chi connectivity index (χ0) is 25.3. The van der Waals surface area contributed by atoms with Crippen molar-refractivity contribution in [2.45, 2.75) is 57.9 Å². The first kappa shape index (κ1) is 25.1. The van der Waals surface area contributed by atoms with Gasteiger partial charge in [0.15, 0.2) is 17.4 Å². The average molecular weight is 523 g/mol. The van der Waals surface area contributed by atoms with Crippen molar-refractivity contribution in [1.29, 1.82) is 0 Å². The molecule has 1 aliphatic carbocycles. The van der Waals surface area contributed by atoms with Crippen molar-refractivity contribution >= 4 is 11.3 Å². The number of aryl methyl sites for hydroxylation is 1. The molecular weight excluding hydrogens is 504 g/mol. The molecule has 0 aliphatic heterocycles. The lowest BCUT2D eigenvalue weighted by Gasteiger charge is -2.28. The Morgan fingerprint density at radius 3 is 2.51 bits per heavy atom. The highest BCUT2D eigenvalue weighted by atomic mass is 32.1. The average Bonchev–Trinajstić information content (AvgIpc) is 3.38. The quantitative estimate of drug-likeness (QED) is 0.385. The summed E-state index contributed by atoms with van der Waals surface area (Å²) in [4.78, 5) is 18.4. The lowest BCUT2D eigenvalue weighted by atomic mass is 9.82. The number of benzene rings is 1. The van der Waals surface area contributed by atoms with Crippen molar-refractivity contribution in [2.75, 3.05) is 0 Å². The maximum Gasteiger partial charge on any atom is 0.439 e. The molecule has 1 N–H and O–H groups in total. The van der Waals surface area contributed by atoms with Crippen LogP contribution in [0.15, 0.2) is 21.5 Å². The summed E-state index contributed by atoms with van der Waals surface area (Å²) in [6, 6.07) is 1.71. The Morgan fingerprint density at radius 1 is 1.20 bits per heavy atom. The fraction of sp³-hybridized carbons (Fsp3) is 0.476. The van der Waals surface area contributed by atoms with Gasteiger partial charge in [0.05, 0.1) is 27.1 Å². The fourth-order valence-electron chi connectivity index (χ4n) is 3.94. The Labute approximate surface area is 198 Å². The second-order valence-corrected chi connectivity index (χ2v) is 9.16. The van der Waals surface area contributed by atoms with E-state index in [1.807, 2.05) is 0 Å². The van der Waals surface area contributed by atoms with Crippen molar-refractivity contribution in [2.24, 2.45) is 5.92 Å². The highest BCUT2D eigenvalue weighted by molar-refractivity contribution is 7.11. The number of hydrogen-bond acceptors (Lipinski definition) is 7. The smallest absolute Gasteiger partial charge is 0.439 e. The van der Waals surface area contributed by atoms with E-state index < -0.39 is 41.8 Å². The van der Waals surface area contributed by atoms with Crippen LogP contribution in [0.4, 0.5) is 26.3 Å². The lowest BCUT2D eigenvalue weighted by Crippen LogP contribution is -2.27. The van der Waals surface area contributed by atoms with Gasteiger partial charge in [-0.1, -0.05) is 5.16 Å². The van der Waals surface area contributed by atoms with Gasteiger partial charge < -0.3 is 9.47 Å². The number of thiazole rings is 1. The number of hydrogen-bond donors (Lipinski definition) is 1. The van der Waals surface area contributed by atoms with E-state index in [4.69, 9.17) is 4.74 Å². The van der Waals surface area contributed by atoms with Crippen molar-refractivity contribution < 1.29 is 40.3 Å². The van der Waals surface area contributed by atoms with Crippen molar-refractivity contribution in [3.05, 3.63) is 44.1 Å². The van der Waals surface area contributed by atoms with Crippen LogP contribution < -0.4 is 15.2 Å². The summed E-state index contributed by atoms with van der Waals surface area (Å²) >= 11 is 1.26. The van der Waals surface area contributed by atoms with Gasteiger partial charge in [0.1, 0.15) is 12.4 Å². The van der Waals surface area contributed by atoms with Crippen molar-refractivity contribution in [3.63, 3.8) is 0 Å². The zero-order valence-electron chi connectivity index (χ0n) is 18.1. The van der Waals surface area contributed by atoms with E-state index in [-0.39, 0.29) is 36.8 Å². The number of nitrogens with one attached hydrogen (secondary N) is 1. The van der Waals surface area contributed by atoms with Gasteiger partial charge in [-0.25, -0.2) is 14.2 Å². The minimum absolute atomic E-state index is 0.0416. The highest BCUT2D eigenvalue weighted by Crippen LogP contribution is 2.44. The fourth-order valence-corrected chi connectivity index (χ4v) is 5.09. The van der Waals surface area contributed by atoms with E-state index in [0.29, 0.717) is 28.4 Å². The molecule has 0 bridgehead atoms. The Hall–Kier alpha value is -3.03. The molecule has 0 spiro atoms. The number of alkyl halides is 5. The van der Waals surface area contributed by atoms with Crippen LogP contribution in [0.5, 0.6) is 11.5 Å². The van der Waals surface area contributed by atoms with Crippen LogP contribution in [-0.4, -0.2) is 27.9 Å². The van der Waals surface area contributed by atoms with Gasteiger partial charge in [0.25, 0.3) is 0 Å². The van der Waals surface area contributed by atoms with Crippen LogP contribution in [0.25, 0.3) is 11.4 Å². The predicted octanol–water partition coefficient (Wildman–Crippen LogP) is 5.95. The summed E-state index contributed by atoms with van der Waals surface area (Å²) in [6.07, 6.45) is -3.38. The number of nitrogens with zero attached hydrogens (tertiary/aromatic N) is 2. The second kappa shape index (κ2) is 9.91. The molecule has 1 aromatic carbocycles. The van der Waals surface area contributed by atoms with Crippen LogP contribution in [0, 0.1) is 18.7 Å². The van der Waals surface area contributed by atoms with Crippen LogP contribution in [0.3, 0.4) is 0 Å². The van der Waals surface area contributed by atoms with Crippen LogP contribution >= 0.6 is 11.3 Å². The van der Waals surface area contributed by atoms with E-state index in [9.17, 15) is 31.1 Å². The van der Waals surface area contributed by atoms with Crippen LogP contribution in [0.2, 0.25) is 0 Å². The van der Waals surface area contributed by atoms with Gasteiger partial charge in [-0.15, -0.1) is 11.3 Å². The molecule has 3 aromatic rings.